The van der Waals surface area contributed by atoms with Crippen molar-refractivity contribution in [3.63, 3.8) is 0 Å². The Bertz CT molecular complexity index is 242. The summed E-state index contributed by atoms with van der Waals surface area (Å²) >= 11 is 0. The SMILES string of the molecule is O=C1CCCCCC1CN1CCC(CO)C1. The quantitative estimate of drug-likeness (QED) is 0.739. The highest BCUT2D eigenvalue weighted by molar-refractivity contribution is 5.81. The zero-order valence-corrected chi connectivity index (χ0v) is 10.0. The molecular formula is C13H23NO2. The average molecular weight is 225 g/mol. The van der Waals surface area contributed by atoms with Crippen molar-refractivity contribution < 1.29 is 9.90 Å². The van der Waals surface area contributed by atoms with Gasteiger partial charge in [0.15, 0.2) is 0 Å². The fraction of sp³-hybridized carbons (Fsp3) is 0.923. The van der Waals surface area contributed by atoms with Crippen LogP contribution in [0.3, 0.4) is 0 Å². The Morgan fingerprint density at radius 2 is 2.12 bits per heavy atom. The van der Waals surface area contributed by atoms with Crippen LogP contribution in [0.1, 0.15) is 38.5 Å². The maximum atomic E-state index is 11.9. The lowest BCUT2D eigenvalue weighted by molar-refractivity contribution is -0.123. The molecule has 3 nitrogen and oxygen atoms in total. The number of nitrogens with zero attached hydrogens (tertiary/aromatic N) is 1. The van der Waals surface area contributed by atoms with Gasteiger partial charge in [-0.1, -0.05) is 12.8 Å². The van der Waals surface area contributed by atoms with Gasteiger partial charge in [0.05, 0.1) is 0 Å². The number of Topliss-reactive ketones (excluding diaryl/α,β-unsaturated/α-hetero) is 1. The molecule has 0 bridgehead atoms. The first kappa shape index (κ1) is 12.1. The Morgan fingerprint density at radius 3 is 2.88 bits per heavy atom. The van der Waals surface area contributed by atoms with Crippen LogP contribution in [-0.2, 0) is 4.79 Å². The van der Waals surface area contributed by atoms with Crippen LogP contribution in [0.15, 0.2) is 0 Å². The number of likely N-dealkylation sites (tertiary alicyclic amines) is 1. The largest absolute Gasteiger partial charge is 0.396 e. The van der Waals surface area contributed by atoms with Gasteiger partial charge in [-0.05, 0) is 31.7 Å². The third kappa shape index (κ3) is 3.05. The molecule has 0 radical (unpaired) electrons. The van der Waals surface area contributed by atoms with E-state index < -0.39 is 0 Å². The van der Waals surface area contributed by atoms with Crippen molar-refractivity contribution in [3.8, 4) is 0 Å². The Labute approximate surface area is 97.8 Å². The van der Waals surface area contributed by atoms with Gasteiger partial charge in [0.1, 0.15) is 5.78 Å². The van der Waals surface area contributed by atoms with Crippen molar-refractivity contribution in [1.82, 2.24) is 4.90 Å². The molecule has 92 valence electrons. The maximum absolute atomic E-state index is 11.9. The Morgan fingerprint density at radius 1 is 1.25 bits per heavy atom. The molecule has 1 saturated heterocycles. The summed E-state index contributed by atoms with van der Waals surface area (Å²) in [6.45, 7) is 3.29. The van der Waals surface area contributed by atoms with E-state index in [2.05, 4.69) is 4.90 Å². The van der Waals surface area contributed by atoms with Gasteiger partial charge in [-0.15, -0.1) is 0 Å². The van der Waals surface area contributed by atoms with Crippen molar-refractivity contribution in [1.29, 1.82) is 0 Å². The van der Waals surface area contributed by atoms with E-state index in [4.69, 9.17) is 5.11 Å². The zero-order valence-electron chi connectivity index (χ0n) is 10.0. The molecule has 0 amide bonds. The molecule has 16 heavy (non-hydrogen) atoms. The van der Waals surface area contributed by atoms with Crippen LogP contribution in [0.5, 0.6) is 0 Å². The van der Waals surface area contributed by atoms with Crippen LogP contribution in [0.4, 0.5) is 0 Å². The molecular weight excluding hydrogens is 202 g/mol. The molecule has 2 atom stereocenters. The second kappa shape index (κ2) is 5.78. The fourth-order valence-corrected chi connectivity index (χ4v) is 2.96. The topological polar surface area (TPSA) is 40.5 Å². The Kier molecular flexibility index (Phi) is 4.36. The van der Waals surface area contributed by atoms with E-state index in [0.717, 1.165) is 45.3 Å². The van der Waals surface area contributed by atoms with Crippen molar-refractivity contribution in [3.05, 3.63) is 0 Å². The van der Waals surface area contributed by atoms with Crippen LogP contribution >= 0.6 is 0 Å². The van der Waals surface area contributed by atoms with Crippen molar-refractivity contribution in [2.75, 3.05) is 26.2 Å². The predicted octanol–water partition coefficient (Wildman–Crippen LogP) is 1.45. The molecule has 2 rings (SSSR count). The smallest absolute Gasteiger partial charge is 0.137 e. The number of aliphatic hydroxyl groups is 1. The van der Waals surface area contributed by atoms with Gasteiger partial charge in [-0.2, -0.15) is 0 Å². The van der Waals surface area contributed by atoms with Crippen molar-refractivity contribution in [2.45, 2.75) is 38.5 Å². The summed E-state index contributed by atoms with van der Waals surface area (Å²) in [4.78, 5) is 14.2. The zero-order chi connectivity index (χ0) is 11.4. The minimum Gasteiger partial charge on any atom is -0.396 e. The van der Waals surface area contributed by atoms with Crippen LogP contribution in [0.2, 0.25) is 0 Å². The first-order chi connectivity index (χ1) is 7.79. The molecule has 1 aliphatic heterocycles. The second-order valence-electron chi connectivity index (χ2n) is 5.36. The van der Waals surface area contributed by atoms with Crippen LogP contribution in [-0.4, -0.2) is 42.0 Å². The van der Waals surface area contributed by atoms with Crippen molar-refractivity contribution in [2.24, 2.45) is 11.8 Å². The molecule has 0 aromatic heterocycles. The van der Waals surface area contributed by atoms with E-state index in [1.54, 1.807) is 0 Å². The van der Waals surface area contributed by atoms with Gasteiger partial charge in [0, 0.05) is 32.0 Å². The highest BCUT2D eigenvalue weighted by atomic mass is 16.3. The summed E-state index contributed by atoms with van der Waals surface area (Å²) in [6.07, 6.45) is 6.50. The Balaban J connectivity index is 1.81. The highest BCUT2D eigenvalue weighted by Gasteiger charge is 2.27. The number of carbonyl (C=O) groups excluding carboxylic acids is 1. The van der Waals surface area contributed by atoms with Crippen LogP contribution < -0.4 is 0 Å². The standard InChI is InChI=1S/C13H23NO2/c15-10-11-6-7-14(8-11)9-12-4-2-1-3-5-13(12)16/h11-12,15H,1-10H2. The summed E-state index contributed by atoms with van der Waals surface area (Å²) < 4.78 is 0. The van der Waals surface area contributed by atoms with Gasteiger partial charge in [0.25, 0.3) is 0 Å². The lowest BCUT2D eigenvalue weighted by Crippen LogP contribution is -2.31. The first-order valence-corrected chi connectivity index (χ1v) is 6.65. The molecule has 1 heterocycles. The lowest BCUT2D eigenvalue weighted by atomic mass is 9.98. The third-order valence-corrected chi connectivity index (χ3v) is 4.04. The van der Waals surface area contributed by atoms with Gasteiger partial charge in [-0.25, -0.2) is 0 Å². The van der Waals surface area contributed by atoms with E-state index >= 15 is 0 Å². The van der Waals surface area contributed by atoms with Gasteiger partial charge >= 0.3 is 0 Å². The van der Waals surface area contributed by atoms with E-state index in [9.17, 15) is 4.79 Å². The summed E-state index contributed by atoms with van der Waals surface area (Å²) in [5.41, 5.74) is 0. The van der Waals surface area contributed by atoms with E-state index in [-0.39, 0.29) is 5.92 Å². The molecule has 0 aromatic carbocycles. The number of carbonyl (C=O) groups is 1. The monoisotopic (exact) mass is 225 g/mol. The molecule has 0 spiro atoms. The molecule has 2 unspecified atom stereocenters. The minimum absolute atomic E-state index is 0.278. The van der Waals surface area contributed by atoms with Gasteiger partial charge in [0.2, 0.25) is 0 Å². The van der Waals surface area contributed by atoms with E-state index in [0.29, 0.717) is 18.3 Å². The summed E-state index contributed by atoms with van der Waals surface area (Å²) in [7, 11) is 0. The van der Waals surface area contributed by atoms with Crippen LogP contribution in [0.25, 0.3) is 0 Å². The molecule has 1 saturated carbocycles. The van der Waals surface area contributed by atoms with Gasteiger partial charge in [-0.3, -0.25) is 4.79 Å². The summed E-state index contributed by atoms with van der Waals surface area (Å²) in [6, 6.07) is 0. The normalized spacial score (nSPS) is 32.9. The molecule has 1 N–H and O–H groups in total. The molecule has 2 fully saturated rings. The van der Waals surface area contributed by atoms with Crippen molar-refractivity contribution >= 4 is 5.78 Å². The van der Waals surface area contributed by atoms with Gasteiger partial charge < -0.3 is 10.0 Å². The fourth-order valence-electron chi connectivity index (χ4n) is 2.96. The van der Waals surface area contributed by atoms with Crippen LogP contribution in [0, 0.1) is 11.8 Å². The lowest BCUT2D eigenvalue weighted by Gasteiger charge is -2.21. The molecule has 1 aliphatic carbocycles. The van der Waals surface area contributed by atoms with E-state index in [1.165, 1.54) is 12.8 Å². The first-order valence-electron chi connectivity index (χ1n) is 6.65. The average Bonchev–Trinajstić information content (AvgIpc) is 2.65. The predicted molar refractivity (Wildman–Crippen MR) is 63.2 cm³/mol. The number of rotatable bonds is 3. The number of hydrogen-bond acceptors (Lipinski definition) is 3. The summed E-state index contributed by atoms with van der Waals surface area (Å²) in [5.74, 6) is 1.20. The minimum atomic E-state index is 0.278. The van der Waals surface area contributed by atoms with E-state index in [1.807, 2.05) is 0 Å². The highest BCUT2D eigenvalue weighted by Crippen LogP contribution is 2.23. The Hall–Kier alpha value is -0.410. The molecule has 2 aliphatic rings. The molecule has 0 aromatic rings. The number of ketones is 1. The maximum Gasteiger partial charge on any atom is 0.137 e. The summed E-state index contributed by atoms with van der Waals surface area (Å²) in [5, 5.41) is 9.09. The molecule has 3 heteroatoms. The number of hydrogen-bond donors (Lipinski definition) is 1. The number of aliphatic hydroxyl groups excluding tert-OH is 1. The third-order valence-electron chi connectivity index (χ3n) is 4.04. The second-order valence-corrected chi connectivity index (χ2v) is 5.36.